The van der Waals surface area contributed by atoms with Crippen molar-refractivity contribution in [1.29, 1.82) is 0 Å². The van der Waals surface area contributed by atoms with Crippen molar-refractivity contribution >= 4 is 11.9 Å². The van der Waals surface area contributed by atoms with Crippen molar-refractivity contribution in [3.63, 3.8) is 0 Å². The first kappa shape index (κ1) is 13.6. The van der Waals surface area contributed by atoms with Crippen LogP contribution >= 0.6 is 0 Å². The van der Waals surface area contributed by atoms with Gasteiger partial charge < -0.3 is 9.64 Å². The fraction of sp³-hybridized carbons (Fsp3) is 0.467. The molecule has 4 nitrogen and oxygen atoms in total. The molecular weight excluding hydrogens is 242 g/mol. The van der Waals surface area contributed by atoms with E-state index < -0.39 is 0 Å². The normalized spacial score (nSPS) is 19.9. The summed E-state index contributed by atoms with van der Waals surface area (Å²) in [6, 6.07) is 9.65. The molecule has 1 amide bonds. The lowest BCUT2D eigenvalue weighted by Gasteiger charge is -2.25. The first-order chi connectivity index (χ1) is 9.16. The van der Waals surface area contributed by atoms with Gasteiger partial charge in [-0.25, -0.2) is 4.79 Å². The smallest absolute Gasteiger partial charge is 0.410 e. The number of carbonyl (C=O) groups is 2. The van der Waals surface area contributed by atoms with Crippen LogP contribution < -0.4 is 0 Å². The van der Waals surface area contributed by atoms with Gasteiger partial charge in [0, 0.05) is 25.4 Å². The number of hydrogen-bond acceptors (Lipinski definition) is 3. The number of Topliss-reactive ketones (excluding diaryl/α,β-unsaturated/α-hetero) is 1. The number of ether oxygens (including phenoxy) is 1. The molecule has 0 aliphatic carbocycles. The third kappa shape index (κ3) is 3.81. The van der Waals surface area contributed by atoms with E-state index >= 15 is 0 Å². The Balaban J connectivity index is 1.90. The molecule has 102 valence electrons. The largest absolute Gasteiger partial charge is 0.445 e. The number of rotatable bonds is 2. The number of likely N-dealkylation sites (tertiary alicyclic amines) is 1. The standard InChI is InChI=1S/C15H19NO3/c1-12-7-8-14(17)9-10-16(12)15(18)19-11-13-5-3-2-4-6-13/h2-6,12H,7-11H2,1H3. The molecular formula is C15H19NO3. The van der Waals surface area contributed by atoms with Crippen LogP contribution in [0.4, 0.5) is 4.79 Å². The second-order valence-electron chi connectivity index (χ2n) is 4.91. The average Bonchev–Trinajstić information content (AvgIpc) is 2.60. The number of hydrogen-bond donors (Lipinski definition) is 0. The highest BCUT2D eigenvalue weighted by Gasteiger charge is 2.25. The minimum atomic E-state index is -0.328. The molecule has 19 heavy (non-hydrogen) atoms. The summed E-state index contributed by atoms with van der Waals surface area (Å²) >= 11 is 0. The number of benzene rings is 1. The van der Waals surface area contributed by atoms with E-state index in [1.165, 1.54) is 0 Å². The molecule has 1 aromatic carbocycles. The van der Waals surface area contributed by atoms with E-state index in [2.05, 4.69) is 0 Å². The topological polar surface area (TPSA) is 46.6 Å². The van der Waals surface area contributed by atoms with Gasteiger partial charge in [0.05, 0.1) is 0 Å². The Bertz CT molecular complexity index is 444. The minimum absolute atomic E-state index is 0.0646. The van der Waals surface area contributed by atoms with E-state index in [1.807, 2.05) is 37.3 Å². The Morgan fingerprint density at radius 3 is 2.79 bits per heavy atom. The van der Waals surface area contributed by atoms with Gasteiger partial charge in [-0.15, -0.1) is 0 Å². The summed E-state index contributed by atoms with van der Waals surface area (Å²) in [6.45, 7) is 2.70. The van der Waals surface area contributed by atoms with Crippen molar-refractivity contribution in [3.05, 3.63) is 35.9 Å². The van der Waals surface area contributed by atoms with Crippen LogP contribution in [0.25, 0.3) is 0 Å². The number of carbonyl (C=O) groups excluding carboxylic acids is 2. The van der Waals surface area contributed by atoms with Crippen molar-refractivity contribution in [3.8, 4) is 0 Å². The van der Waals surface area contributed by atoms with Crippen molar-refractivity contribution in [2.75, 3.05) is 6.54 Å². The van der Waals surface area contributed by atoms with Crippen molar-refractivity contribution in [2.45, 2.75) is 38.8 Å². The van der Waals surface area contributed by atoms with E-state index in [9.17, 15) is 9.59 Å². The SMILES string of the molecule is CC1CCC(=O)CCN1C(=O)OCc1ccccc1. The van der Waals surface area contributed by atoms with Gasteiger partial charge in [-0.2, -0.15) is 0 Å². The Labute approximate surface area is 113 Å². The zero-order valence-electron chi connectivity index (χ0n) is 11.2. The predicted molar refractivity (Wildman–Crippen MR) is 71.7 cm³/mol. The zero-order valence-corrected chi connectivity index (χ0v) is 11.2. The molecule has 0 N–H and O–H groups in total. The van der Waals surface area contributed by atoms with Gasteiger partial charge in [0.25, 0.3) is 0 Å². The molecule has 4 heteroatoms. The quantitative estimate of drug-likeness (QED) is 0.822. The lowest BCUT2D eigenvalue weighted by molar-refractivity contribution is -0.118. The number of ketones is 1. The summed E-state index contributed by atoms with van der Waals surface area (Å²) in [6.07, 6.45) is 1.39. The van der Waals surface area contributed by atoms with Gasteiger partial charge in [0.15, 0.2) is 0 Å². The molecule has 1 aliphatic rings. The summed E-state index contributed by atoms with van der Waals surface area (Å²) in [4.78, 5) is 25.1. The Kier molecular flexibility index (Phi) is 4.55. The first-order valence-electron chi connectivity index (χ1n) is 6.66. The van der Waals surface area contributed by atoms with E-state index in [4.69, 9.17) is 4.74 Å². The van der Waals surface area contributed by atoms with Crippen LogP contribution in [0.3, 0.4) is 0 Å². The van der Waals surface area contributed by atoms with Gasteiger partial charge in [-0.05, 0) is 18.9 Å². The highest BCUT2D eigenvalue weighted by atomic mass is 16.6. The molecule has 0 spiro atoms. The van der Waals surface area contributed by atoms with Gasteiger partial charge in [0.2, 0.25) is 0 Å². The van der Waals surface area contributed by atoms with Gasteiger partial charge >= 0.3 is 6.09 Å². The fourth-order valence-electron chi connectivity index (χ4n) is 2.19. The molecule has 1 saturated heterocycles. The van der Waals surface area contributed by atoms with Crippen LogP contribution in [-0.2, 0) is 16.1 Å². The van der Waals surface area contributed by atoms with E-state index in [1.54, 1.807) is 4.90 Å². The predicted octanol–water partition coefficient (Wildman–Crippen LogP) is 2.77. The van der Waals surface area contributed by atoms with Crippen LogP contribution in [0.2, 0.25) is 0 Å². The fourth-order valence-corrected chi connectivity index (χ4v) is 2.19. The molecule has 1 heterocycles. The van der Waals surface area contributed by atoms with Crippen molar-refractivity contribution < 1.29 is 14.3 Å². The molecule has 1 unspecified atom stereocenters. The Morgan fingerprint density at radius 2 is 2.05 bits per heavy atom. The summed E-state index contributed by atoms with van der Waals surface area (Å²) in [5.74, 6) is 0.227. The van der Waals surface area contributed by atoms with Crippen LogP contribution in [0.15, 0.2) is 30.3 Å². The lowest BCUT2D eigenvalue weighted by Crippen LogP contribution is -2.38. The summed E-state index contributed by atoms with van der Waals surface area (Å²) in [5.41, 5.74) is 0.967. The van der Waals surface area contributed by atoms with E-state index in [-0.39, 0.29) is 24.5 Å². The third-order valence-corrected chi connectivity index (χ3v) is 3.44. The summed E-state index contributed by atoms with van der Waals surface area (Å²) < 4.78 is 5.30. The third-order valence-electron chi connectivity index (χ3n) is 3.44. The molecule has 0 aromatic heterocycles. The molecule has 1 aliphatic heterocycles. The number of amides is 1. The minimum Gasteiger partial charge on any atom is -0.445 e. The maximum Gasteiger partial charge on any atom is 0.410 e. The summed E-state index contributed by atoms with van der Waals surface area (Å²) in [7, 11) is 0. The van der Waals surface area contributed by atoms with Crippen molar-refractivity contribution in [2.24, 2.45) is 0 Å². The Morgan fingerprint density at radius 1 is 1.32 bits per heavy atom. The lowest BCUT2D eigenvalue weighted by atomic mass is 10.1. The van der Waals surface area contributed by atoms with Gasteiger partial charge in [-0.3, -0.25) is 4.79 Å². The van der Waals surface area contributed by atoms with E-state index in [0.717, 1.165) is 12.0 Å². The van der Waals surface area contributed by atoms with Crippen LogP contribution in [0.1, 0.15) is 31.7 Å². The zero-order chi connectivity index (χ0) is 13.7. The molecule has 2 rings (SSSR count). The molecule has 0 saturated carbocycles. The highest BCUT2D eigenvalue weighted by Crippen LogP contribution is 2.16. The van der Waals surface area contributed by atoms with Gasteiger partial charge in [0.1, 0.15) is 12.4 Å². The first-order valence-corrected chi connectivity index (χ1v) is 6.66. The highest BCUT2D eigenvalue weighted by molar-refractivity contribution is 5.80. The number of nitrogens with zero attached hydrogens (tertiary/aromatic N) is 1. The molecule has 1 aromatic rings. The average molecular weight is 261 g/mol. The molecule has 0 radical (unpaired) electrons. The summed E-state index contributed by atoms with van der Waals surface area (Å²) in [5, 5.41) is 0. The second-order valence-corrected chi connectivity index (χ2v) is 4.91. The second kappa shape index (κ2) is 6.36. The molecule has 1 atom stereocenters. The van der Waals surface area contributed by atoms with Crippen LogP contribution in [-0.4, -0.2) is 29.4 Å². The van der Waals surface area contributed by atoms with E-state index in [0.29, 0.717) is 19.4 Å². The molecule has 0 bridgehead atoms. The molecule has 1 fully saturated rings. The maximum absolute atomic E-state index is 12.0. The maximum atomic E-state index is 12.0. The Hall–Kier alpha value is -1.84. The monoisotopic (exact) mass is 261 g/mol. The van der Waals surface area contributed by atoms with Gasteiger partial charge in [-0.1, -0.05) is 30.3 Å². The van der Waals surface area contributed by atoms with Crippen LogP contribution in [0, 0.1) is 0 Å². The van der Waals surface area contributed by atoms with Crippen molar-refractivity contribution in [1.82, 2.24) is 4.90 Å². The van der Waals surface area contributed by atoms with Crippen LogP contribution in [0.5, 0.6) is 0 Å².